The SMILES string of the molecule is CN(CC1CCOCC1)C(=O)Cn1cc(N)ccc1=O. The van der Waals surface area contributed by atoms with Crippen LogP contribution in [0.3, 0.4) is 0 Å². The van der Waals surface area contributed by atoms with Gasteiger partial charge in [-0.1, -0.05) is 0 Å². The largest absolute Gasteiger partial charge is 0.398 e. The molecule has 6 nitrogen and oxygen atoms in total. The predicted molar refractivity (Wildman–Crippen MR) is 76.3 cm³/mol. The number of nitrogen functional groups attached to an aromatic ring is 1. The molecular formula is C14H21N3O3. The number of nitrogens with two attached hydrogens (primary N) is 1. The summed E-state index contributed by atoms with van der Waals surface area (Å²) in [7, 11) is 1.77. The summed E-state index contributed by atoms with van der Waals surface area (Å²) in [5, 5.41) is 0. The van der Waals surface area contributed by atoms with Crippen LogP contribution in [0.5, 0.6) is 0 Å². The van der Waals surface area contributed by atoms with Gasteiger partial charge >= 0.3 is 0 Å². The lowest BCUT2D eigenvalue weighted by molar-refractivity contribution is -0.131. The van der Waals surface area contributed by atoms with Crippen LogP contribution in [-0.4, -0.2) is 42.2 Å². The molecule has 1 aromatic heterocycles. The Morgan fingerprint density at radius 3 is 2.85 bits per heavy atom. The number of likely N-dealkylation sites (N-methyl/N-ethyl adjacent to an activating group) is 1. The molecule has 0 aliphatic carbocycles. The van der Waals surface area contributed by atoms with E-state index in [9.17, 15) is 9.59 Å². The van der Waals surface area contributed by atoms with E-state index < -0.39 is 0 Å². The third-order valence-corrected chi connectivity index (χ3v) is 3.61. The van der Waals surface area contributed by atoms with E-state index in [1.165, 1.54) is 22.9 Å². The molecule has 0 aromatic carbocycles. The zero-order valence-corrected chi connectivity index (χ0v) is 11.7. The number of rotatable bonds is 4. The summed E-state index contributed by atoms with van der Waals surface area (Å²) in [6, 6.07) is 2.91. The molecule has 2 N–H and O–H groups in total. The molecule has 0 unspecified atom stereocenters. The first-order valence-electron chi connectivity index (χ1n) is 6.84. The minimum absolute atomic E-state index is 0.0313. The molecule has 6 heteroatoms. The fraction of sp³-hybridized carbons (Fsp3) is 0.571. The van der Waals surface area contributed by atoms with Crippen LogP contribution in [0, 0.1) is 5.92 Å². The highest BCUT2D eigenvalue weighted by Crippen LogP contribution is 2.15. The molecule has 0 bridgehead atoms. The van der Waals surface area contributed by atoms with Crippen molar-refractivity contribution in [3.05, 3.63) is 28.7 Å². The first kappa shape index (κ1) is 14.6. The Labute approximate surface area is 118 Å². The number of hydrogen-bond acceptors (Lipinski definition) is 4. The number of anilines is 1. The van der Waals surface area contributed by atoms with E-state index in [0.29, 0.717) is 18.2 Å². The first-order chi connectivity index (χ1) is 9.56. The number of aromatic nitrogens is 1. The maximum Gasteiger partial charge on any atom is 0.251 e. The van der Waals surface area contributed by atoms with Gasteiger partial charge in [0.15, 0.2) is 0 Å². The Hall–Kier alpha value is -1.82. The molecule has 1 aliphatic rings. The van der Waals surface area contributed by atoms with E-state index in [4.69, 9.17) is 10.5 Å². The van der Waals surface area contributed by atoms with E-state index in [-0.39, 0.29) is 18.0 Å². The second-order valence-electron chi connectivity index (χ2n) is 5.26. The highest BCUT2D eigenvalue weighted by molar-refractivity contribution is 5.75. The van der Waals surface area contributed by atoms with Crippen molar-refractivity contribution in [2.24, 2.45) is 5.92 Å². The molecule has 0 atom stereocenters. The van der Waals surface area contributed by atoms with E-state index in [2.05, 4.69) is 0 Å². The van der Waals surface area contributed by atoms with Crippen molar-refractivity contribution in [2.75, 3.05) is 32.5 Å². The van der Waals surface area contributed by atoms with Gasteiger partial charge < -0.3 is 19.9 Å². The Kier molecular flexibility index (Phi) is 4.79. The van der Waals surface area contributed by atoms with Gasteiger partial charge in [-0.3, -0.25) is 9.59 Å². The zero-order chi connectivity index (χ0) is 14.5. The Morgan fingerprint density at radius 1 is 1.45 bits per heavy atom. The number of carbonyl (C=O) groups excluding carboxylic acids is 1. The van der Waals surface area contributed by atoms with Crippen LogP contribution in [0.25, 0.3) is 0 Å². The quantitative estimate of drug-likeness (QED) is 0.861. The highest BCUT2D eigenvalue weighted by Gasteiger charge is 2.18. The van der Waals surface area contributed by atoms with Crippen LogP contribution in [-0.2, 0) is 16.1 Å². The monoisotopic (exact) mass is 279 g/mol. The second kappa shape index (κ2) is 6.56. The standard InChI is InChI=1S/C14H21N3O3/c1-16(8-11-4-6-20-7-5-11)14(19)10-17-9-12(15)2-3-13(17)18/h2-3,9,11H,4-8,10,15H2,1H3. The molecular weight excluding hydrogens is 258 g/mol. The lowest BCUT2D eigenvalue weighted by atomic mass is 10.00. The van der Waals surface area contributed by atoms with Crippen molar-refractivity contribution in [3.8, 4) is 0 Å². The molecule has 1 fully saturated rings. The highest BCUT2D eigenvalue weighted by atomic mass is 16.5. The summed E-state index contributed by atoms with van der Waals surface area (Å²) < 4.78 is 6.65. The van der Waals surface area contributed by atoms with Crippen LogP contribution in [0.1, 0.15) is 12.8 Å². The number of hydrogen-bond donors (Lipinski definition) is 1. The minimum Gasteiger partial charge on any atom is -0.398 e. The molecule has 0 saturated carbocycles. The van der Waals surface area contributed by atoms with Gasteiger partial charge in [0.1, 0.15) is 6.54 Å². The molecule has 110 valence electrons. The van der Waals surface area contributed by atoms with Crippen molar-refractivity contribution < 1.29 is 9.53 Å². The summed E-state index contributed by atoms with van der Waals surface area (Å²) in [6.45, 7) is 2.27. The fourth-order valence-electron chi connectivity index (χ4n) is 2.36. The average molecular weight is 279 g/mol. The Balaban J connectivity index is 1.93. The number of ether oxygens (including phenoxy) is 1. The molecule has 0 radical (unpaired) electrons. The van der Waals surface area contributed by atoms with Crippen molar-refractivity contribution in [3.63, 3.8) is 0 Å². The molecule has 2 heterocycles. The maximum atomic E-state index is 12.1. The van der Waals surface area contributed by atoms with Gasteiger partial charge in [0.25, 0.3) is 5.56 Å². The van der Waals surface area contributed by atoms with Gasteiger partial charge in [0.2, 0.25) is 5.91 Å². The molecule has 1 saturated heterocycles. The summed E-state index contributed by atoms with van der Waals surface area (Å²) >= 11 is 0. The van der Waals surface area contributed by atoms with Gasteiger partial charge in [-0.15, -0.1) is 0 Å². The molecule has 1 aliphatic heterocycles. The van der Waals surface area contributed by atoms with Crippen LogP contribution >= 0.6 is 0 Å². The minimum atomic E-state index is -0.216. The maximum absolute atomic E-state index is 12.1. The van der Waals surface area contributed by atoms with E-state index in [0.717, 1.165) is 26.1 Å². The van der Waals surface area contributed by atoms with Crippen LogP contribution in [0.4, 0.5) is 5.69 Å². The normalized spacial score (nSPS) is 16.1. The number of carbonyl (C=O) groups is 1. The molecule has 20 heavy (non-hydrogen) atoms. The zero-order valence-electron chi connectivity index (χ0n) is 11.7. The van der Waals surface area contributed by atoms with Gasteiger partial charge in [-0.25, -0.2) is 0 Å². The molecule has 0 spiro atoms. The molecule has 1 aromatic rings. The van der Waals surface area contributed by atoms with Gasteiger partial charge in [-0.2, -0.15) is 0 Å². The average Bonchev–Trinajstić information content (AvgIpc) is 2.44. The summed E-state index contributed by atoms with van der Waals surface area (Å²) in [4.78, 5) is 25.5. The van der Waals surface area contributed by atoms with Gasteiger partial charge in [0, 0.05) is 44.8 Å². The van der Waals surface area contributed by atoms with E-state index in [1.54, 1.807) is 11.9 Å². The van der Waals surface area contributed by atoms with E-state index >= 15 is 0 Å². The number of pyridine rings is 1. The van der Waals surface area contributed by atoms with Crippen molar-refractivity contribution in [1.82, 2.24) is 9.47 Å². The number of nitrogens with zero attached hydrogens (tertiary/aromatic N) is 2. The number of amides is 1. The smallest absolute Gasteiger partial charge is 0.251 e. The summed E-state index contributed by atoms with van der Waals surface area (Å²) in [6.07, 6.45) is 3.47. The van der Waals surface area contributed by atoms with Crippen molar-refractivity contribution >= 4 is 11.6 Å². The first-order valence-corrected chi connectivity index (χ1v) is 6.84. The molecule has 1 amide bonds. The lowest BCUT2D eigenvalue weighted by Crippen LogP contribution is -2.37. The fourth-order valence-corrected chi connectivity index (χ4v) is 2.36. The molecule has 2 rings (SSSR count). The van der Waals surface area contributed by atoms with Gasteiger partial charge in [0.05, 0.1) is 0 Å². The lowest BCUT2D eigenvalue weighted by Gasteiger charge is -2.27. The Morgan fingerprint density at radius 2 is 2.15 bits per heavy atom. The van der Waals surface area contributed by atoms with Crippen molar-refractivity contribution in [2.45, 2.75) is 19.4 Å². The van der Waals surface area contributed by atoms with Crippen LogP contribution in [0.2, 0.25) is 0 Å². The van der Waals surface area contributed by atoms with Gasteiger partial charge in [-0.05, 0) is 24.8 Å². The second-order valence-corrected chi connectivity index (χ2v) is 5.26. The summed E-state index contributed by atoms with van der Waals surface area (Å²) in [5.74, 6) is 0.402. The summed E-state index contributed by atoms with van der Waals surface area (Å²) in [5.41, 5.74) is 5.89. The topological polar surface area (TPSA) is 77.6 Å². The third-order valence-electron chi connectivity index (χ3n) is 3.61. The Bertz CT molecular complexity index is 521. The van der Waals surface area contributed by atoms with E-state index in [1.807, 2.05) is 0 Å². The van der Waals surface area contributed by atoms with Crippen LogP contribution < -0.4 is 11.3 Å². The third kappa shape index (κ3) is 3.84. The van der Waals surface area contributed by atoms with Crippen LogP contribution in [0.15, 0.2) is 23.1 Å². The van der Waals surface area contributed by atoms with Crippen molar-refractivity contribution in [1.29, 1.82) is 0 Å². The predicted octanol–water partition coefficient (Wildman–Crippen LogP) is 0.316.